The maximum absolute atomic E-state index is 6.66. The molecule has 3 heterocycles. The van der Waals surface area contributed by atoms with Crippen LogP contribution in [0, 0.1) is 0 Å². The highest BCUT2D eigenvalue weighted by molar-refractivity contribution is 6.31. The van der Waals surface area contributed by atoms with Crippen LogP contribution in [0.15, 0.2) is 60.9 Å². The number of fused-ring (bicyclic) bond motifs is 1. The van der Waals surface area contributed by atoms with Crippen LogP contribution in [0.2, 0.25) is 5.02 Å². The Balaban J connectivity index is 1.36. The molecule has 0 unspecified atom stereocenters. The fourth-order valence-corrected chi connectivity index (χ4v) is 4.51. The molecule has 5 heteroatoms. The largest absolute Gasteiger partial charge is 0.486 e. The molecule has 4 nitrogen and oxygen atoms in total. The summed E-state index contributed by atoms with van der Waals surface area (Å²) in [6.07, 6.45) is 5.98. The zero-order chi connectivity index (χ0) is 19.6. The molecular weight excluding hydrogens is 384 g/mol. The van der Waals surface area contributed by atoms with E-state index in [1.165, 1.54) is 12.0 Å². The molecule has 2 aliphatic heterocycles. The number of ether oxygens (including phenoxy) is 2. The van der Waals surface area contributed by atoms with E-state index >= 15 is 0 Å². The number of aromatic nitrogens is 1. The highest BCUT2D eigenvalue weighted by Crippen LogP contribution is 2.39. The smallest absolute Gasteiger partial charge is 0.161 e. The molecule has 1 aromatic heterocycles. The van der Waals surface area contributed by atoms with Gasteiger partial charge in [0.15, 0.2) is 11.5 Å². The van der Waals surface area contributed by atoms with Crippen molar-refractivity contribution in [3.05, 3.63) is 77.1 Å². The minimum Gasteiger partial charge on any atom is -0.486 e. The molecule has 2 aliphatic rings. The minimum absolute atomic E-state index is 0.375. The van der Waals surface area contributed by atoms with Gasteiger partial charge < -0.3 is 9.47 Å². The van der Waals surface area contributed by atoms with Gasteiger partial charge in [-0.05, 0) is 60.3 Å². The standard InChI is InChI=1S/C24H23ClN2O2/c25-21-13-17(19-3-1-9-26-15-19)5-6-20(21)16-27-10-2-4-22(27)18-7-8-23-24(14-18)29-12-11-28-23/h1,3,5-9,13-15,22H,2,4,10-12,16H2/t22-/m0/s1. The van der Waals surface area contributed by atoms with Crippen molar-refractivity contribution in [1.82, 2.24) is 9.88 Å². The normalized spacial score (nSPS) is 18.7. The third-order valence-corrected chi connectivity index (χ3v) is 6.09. The molecule has 1 saturated heterocycles. The molecule has 5 rings (SSSR count). The molecule has 0 saturated carbocycles. The molecule has 2 aromatic carbocycles. The Labute approximate surface area is 176 Å². The van der Waals surface area contributed by atoms with Crippen LogP contribution < -0.4 is 9.47 Å². The molecule has 0 aliphatic carbocycles. The molecule has 0 bridgehead atoms. The number of nitrogens with zero attached hydrogens (tertiary/aromatic N) is 2. The van der Waals surface area contributed by atoms with Crippen molar-refractivity contribution in [2.75, 3.05) is 19.8 Å². The minimum atomic E-state index is 0.375. The Kier molecular flexibility index (Phi) is 5.13. The summed E-state index contributed by atoms with van der Waals surface area (Å²) in [4.78, 5) is 6.71. The van der Waals surface area contributed by atoms with Crippen molar-refractivity contribution < 1.29 is 9.47 Å². The first-order valence-electron chi connectivity index (χ1n) is 10.1. The zero-order valence-corrected chi connectivity index (χ0v) is 16.9. The Morgan fingerprint density at radius 3 is 2.72 bits per heavy atom. The van der Waals surface area contributed by atoms with E-state index in [4.69, 9.17) is 21.1 Å². The molecule has 3 aromatic rings. The highest BCUT2D eigenvalue weighted by Gasteiger charge is 2.27. The molecule has 0 radical (unpaired) electrons. The van der Waals surface area contributed by atoms with Crippen molar-refractivity contribution in [3.8, 4) is 22.6 Å². The number of hydrogen-bond acceptors (Lipinski definition) is 4. The number of rotatable bonds is 4. The quantitative estimate of drug-likeness (QED) is 0.572. The fourth-order valence-electron chi connectivity index (χ4n) is 4.27. The lowest BCUT2D eigenvalue weighted by molar-refractivity contribution is 0.170. The molecular formula is C24H23ClN2O2. The summed E-state index contributed by atoms with van der Waals surface area (Å²) in [6, 6.07) is 17.0. The van der Waals surface area contributed by atoms with E-state index in [2.05, 4.69) is 40.2 Å². The van der Waals surface area contributed by atoms with Gasteiger partial charge >= 0.3 is 0 Å². The van der Waals surface area contributed by atoms with Crippen LogP contribution in [0.1, 0.15) is 30.0 Å². The van der Waals surface area contributed by atoms with Crippen LogP contribution in [-0.4, -0.2) is 29.6 Å². The predicted octanol–water partition coefficient (Wildman–Crippen LogP) is 5.51. The van der Waals surface area contributed by atoms with E-state index in [9.17, 15) is 0 Å². The van der Waals surface area contributed by atoms with Gasteiger partial charge in [-0.25, -0.2) is 0 Å². The van der Waals surface area contributed by atoms with Gasteiger partial charge in [0.1, 0.15) is 13.2 Å². The first-order valence-corrected chi connectivity index (χ1v) is 10.5. The first-order chi connectivity index (χ1) is 14.3. The van der Waals surface area contributed by atoms with Gasteiger partial charge in [0.05, 0.1) is 0 Å². The second kappa shape index (κ2) is 8.05. The van der Waals surface area contributed by atoms with Gasteiger partial charge in [-0.3, -0.25) is 9.88 Å². The molecule has 29 heavy (non-hydrogen) atoms. The summed E-state index contributed by atoms with van der Waals surface area (Å²) in [7, 11) is 0. The maximum Gasteiger partial charge on any atom is 0.161 e. The monoisotopic (exact) mass is 406 g/mol. The number of likely N-dealkylation sites (tertiary alicyclic amines) is 1. The lowest BCUT2D eigenvalue weighted by Gasteiger charge is -2.27. The van der Waals surface area contributed by atoms with Crippen LogP contribution in [0.5, 0.6) is 11.5 Å². The summed E-state index contributed by atoms with van der Waals surface area (Å²) < 4.78 is 11.4. The summed E-state index contributed by atoms with van der Waals surface area (Å²) >= 11 is 6.66. The topological polar surface area (TPSA) is 34.6 Å². The number of halogens is 1. The van der Waals surface area contributed by atoms with Crippen molar-refractivity contribution in [2.24, 2.45) is 0 Å². The lowest BCUT2D eigenvalue weighted by atomic mass is 10.0. The van der Waals surface area contributed by atoms with Gasteiger partial charge in [-0.15, -0.1) is 0 Å². The van der Waals surface area contributed by atoms with Crippen LogP contribution in [0.4, 0.5) is 0 Å². The average Bonchev–Trinajstić information content (AvgIpc) is 3.23. The predicted molar refractivity (Wildman–Crippen MR) is 115 cm³/mol. The zero-order valence-electron chi connectivity index (χ0n) is 16.2. The molecule has 0 N–H and O–H groups in total. The summed E-state index contributed by atoms with van der Waals surface area (Å²) in [5, 5.41) is 0.805. The van der Waals surface area contributed by atoms with Crippen LogP contribution in [0.25, 0.3) is 11.1 Å². The number of hydrogen-bond donors (Lipinski definition) is 0. The second-order valence-corrected chi connectivity index (χ2v) is 7.99. The van der Waals surface area contributed by atoms with Crippen molar-refractivity contribution in [2.45, 2.75) is 25.4 Å². The Morgan fingerprint density at radius 2 is 1.90 bits per heavy atom. The van der Waals surface area contributed by atoms with Gasteiger partial charge in [0.2, 0.25) is 0 Å². The van der Waals surface area contributed by atoms with Crippen molar-refractivity contribution in [3.63, 3.8) is 0 Å². The van der Waals surface area contributed by atoms with E-state index < -0.39 is 0 Å². The van der Waals surface area contributed by atoms with Gasteiger partial charge in [0.25, 0.3) is 0 Å². The van der Waals surface area contributed by atoms with Gasteiger partial charge in [0, 0.05) is 35.6 Å². The van der Waals surface area contributed by atoms with Gasteiger partial charge in [-0.2, -0.15) is 0 Å². The van der Waals surface area contributed by atoms with Crippen molar-refractivity contribution in [1.29, 1.82) is 0 Å². The molecule has 0 spiro atoms. The maximum atomic E-state index is 6.66. The first kappa shape index (κ1) is 18.5. The van der Waals surface area contributed by atoms with Crippen LogP contribution in [0.3, 0.4) is 0 Å². The third-order valence-electron chi connectivity index (χ3n) is 5.74. The van der Waals surface area contributed by atoms with E-state index in [1.807, 2.05) is 24.4 Å². The summed E-state index contributed by atoms with van der Waals surface area (Å²) in [5.74, 6) is 1.71. The van der Waals surface area contributed by atoms with E-state index in [1.54, 1.807) is 6.20 Å². The van der Waals surface area contributed by atoms with Crippen molar-refractivity contribution >= 4 is 11.6 Å². The fraction of sp³-hybridized carbons (Fsp3) is 0.292. The van der Waals surface area contributed by atoms with Crippen LogP contribution >= 0.6 is 11.6 Å². The molecule has 0 amide bonds. The average molecular weight is 407 g/mol. The van der Waals surface area contributed by atoms with E-state index in [0.29, 0.717) is 19.3 Å². The molecule has 148 valence electrons. The van der Waals surface area contributed by atoms with Gasteiger partial charge in [-0.1, -0.05) is 35.9 Å². The molecule has 1 atom stereocenters. The lowest BCUT2D eigenvalue weighted by Crippen LogP contribution is -2.23. The Bertz CT molecular complexity index is 1010. The third kappa shape index (κ3) is 3.83. The number of benzene rings is 2. The highest BCUT2D eigenvalue weighted by atomic mass is 35.5. The SMILES string of the molecule is Clc1cc(-c2cccnc2)ccc1CN1CCC[C@H]1c1ccc2c(c1)OCCO2. The number of pyridine rings is 1. The van der Waals surface area contributed by atoms with Crippen LogP contribution in [-0.2, 0) is 6.54 Å². The Hall–Kier alpha value is -2.56. The van der Waals surface area contributed by atoms with E-state index in [0.717, 1.165) is 52.7 Å². The van der Waals surface area contributed by atoms with E-state index in [-0.39, 0.29) is 0 Å². The summed E-state index contributed by atoms with van der Waals surface area (Å²) in [5.41, 5.74) is 4.62. The second-order valence-electron chi connectivity index (χ2n) is 7.58. The summed E-state index contributed by atoms with van der Waals surface area (Å²) in [6.45, 7) is 3.14. The Morgan fingerprint density at radius 1 is 1.00 bits per heavy atom. The molecule has 1 fully saturated rings.